The molecular weight excluding hydrogens is 249 g/mol. The molecule has 0 spiro atoms. The fourth-order valence-electron chi connectivity index (χ4n) is 1.59. The number of nitrogens with two attached hydrogens (primary N) is 1. The van der Waals surface area contributed by atoms with Crippen molar-refractivity contribution in [3.05, 3.63) is 30.0 Å². The summed E-state index contributed by atoms with van der Waals surface area (Å²) in [5.74, 6) is -0.198. The van der Waals surface area contributed by atoms with Crippen LogP contribution in [0.4, 0.5) is 19.2 Å². The molecule has 0 aliphatic carbocycles. The van der Waals surface area contributed by atoms with Gasteiger partial charge in [-0.3, -0.25) is 0 Å². The number of methoxy groups -OCH3 is 1. The van der Waals surface area contributed by atoms with Gasteiger partial charge in [0.25, 0.3) is 6.01 Å². The predicted octanol–water partition coefficient (Wildman–Crippen LogP) is 2.95. The quantitative estimate of drug-likeness (QED) is 0.899. The molecule has 1 aromatic heterocycles. The van der Waals surface area contributed by atoms with E-state index in [1.807, 2.05) is 0 Å². The maximum Gasteiger partial charge on any atom is 0.419 e. The first-order valence-electron chi connectivity index (χ1n) is 4.89. The standard InChI is InChI=1S/C11H9F3N2O2/c1-17-9-6(8-5-16-10(15)18-8)3-2-4-7(9)11(12,13)14/h2-5H,1H3,(H2,15,16). The summed E-state index contributed by atoms with van der Waals surface area (Å²) in [5, 5.41) is 0. The Balaban J connectivity index is 2.62. The van der Waals surface area contributed by atoms with Crippen molar-refractivity contribution in [1.82, 2.24) is 4.98 Å². The molecule has 2 N–H and O–H groups in total. The van der Waals surface area contributed by atoms with E-state index in [1.165, 1.54) is 18.3 Å². The lowest BCUT2D eigenvalue weighted by atomic mass is 10.1. The van der Waals surface area contributed by atoms with Crippen LogP contribution in [0.3, 0.4) is 0 Å². The number of para-hydroxylation sites is 1. The number of alkyl halides is 3. The molecule has 96 valence electrons. The highest BCUT2D eigenvalue weighted by Crippen LogP contribution is 2.41. The third-order valence-electron chi connectivity index (χ3n) is 2.31. The lowest BCUT2D eigenvalue weighted by Gasteiger charge is -2.14. The fourth-order valence-corrected chi connectivity index (χ4v) is 1.59. The van der Waals surface area contributed by atoms with Crippen LogP contribution >= 0.6 is 0 Å². The normalized spacial score (nSPS) is 11.6. The molecule has 0 unspecified atom stereocenters. The van der Waals surface area contributed by atoms with Gasteiger partial charge in [0.1, 0.15) is 5.75 Å². The lowest BCUT2D eigenvalue weighted by Crippen LogP contribution is -2.08. The zero-order valence-electron chi connectivity index (χ0n) is 9.28. The molecule has 18 heavy (non-hydrogen) atoms. The van der Waals surface area contributed by atoms with Crippen LogP contribution < -0.4 is 10.5 Å². The highest BCUT2D eigenvalue weighted by molar-refractivity contribution is 5.68. The first-order valence-corrected chi connectivity index (χ1v) is 4.89. The molecule has 0 saturated carbocycles. The molecule has 0 amide bonds. The smallest absolute Gasteiger partial charge is 0.419 e. The SMILES string of the molecule is COc1c(-c2cnc(N)o2)cccc1C(F)(F)F. The molecule has 1 heterocycles. The Morgan fingerprint density at radius 2 is 2.06 bits per heavy atom. The number of anilines is 1. The van der Waals surface area contributed by atoms with Gasteiger partial charge in [0, 0.05) is 0 Å². The Hall–Kier alpha value is -2.18. The van der Waals surface area contributed by atoms with Gasteiger partial charge in [-0.05, 0) is 12.1 Å². The van der Waals surface area contributed by atoms with Crippen LogP contribution in [0, 0.1) is 0 Å². The number of nitrogen functional groups attached to an aromatic ring is 1. The fraction of sp³-hybridized carbons (Fsp3) is 0.182. The molecule has 0 bridgehead atoms. The highest BCUT2D eigenvalue weighted by atomic mass is 19.4. The van der Waals surface area contributed by atoms with Gasteiger partial charge in [0.15, 0.2) is 5.76 Å². The molecule has 2 aromatic rings. The summed E-state index contributed by atoms with van der Waals surface area (Å²) in [6.07, 6.45) is -3.26. The van der Waals surface area contributed by atoms with Crippen molar-refractivity contribution in [3.63, 3.8) is 0 Å². The summed E-state index contributed by atoms with van der Waals surface area (Å²) in [6.45, 7) is 0. The third kappa shape index (κ3) is 2.11. The number of halogens is 3. The Kier molecular flexibility index (Phi) is 2.90. The van der Waals surface area contributed by atoms with Crippen molar-refractivity contribution < 1.29 is 22.3 Å². The minimum atomic E-state index is -4.51. The van der Waals surface area contributed by atoms with Crippen molar-refractivity contribution in [3.8, 4) is 17.1 Å². The van der Waals surface area contributed by atoms with Gasteiger partial charge in [-0.25, -0.2) is 4.98 Å². The molecule has 0 fully saturated rings. The molecule has 1 aromatic carbocycles. The molecule has 7 heteroatoms. The first kappa shape index (κ1) is 12.3. The average Bonchev–Trinajstić information content (AvgIpc) is 2.73. The number of ether oxygens (including phenoxy) is 1. The Bertz CT molecular complexity index is 564. The molecule has 0 aliphatic rings. The van der Waals surface area contributed by atoms with Crippen LogP contribution in [0.2, 0.25) is 0 Å². The van der Waals surface area contributed by atoms with Crippen LogP contribution in [0.1, 0.15) is 5.56 Å². The van der Waals surface area contributed by atoms with Crippen molar-refractivity contribution in [2.45, 2.75) is 6.18 Å². The van der Waals surface area contributed by atoms with Crippen molar-refractivity contribution in [1.29, 1.82) is 0 Å². The summed E-state index contributed by atoms with van der Waals surface area (Å²) >= 11 is 0. The minimum Gasteiger partial charge on any atom is -0.495 e. The second-order valence-electron chi connectivity index (χ2n) is 3.45. The molecule has 2 rings (SSSR count). The third-order valence-corrected chi connectivity index (χ3v) is 2.31. The highest BCUT2D eigenvalue weighted by Gasteiger charge is 2.35. The van der Waals surface area contributed by atoms with E-state index in [4.69, 9.17) is 14.9 Å². The average molecular weight is 258 g/mol. The molecular formula is C11H9F3N2O2. The molecule has 0 saturated heterocycles. The van der Waals surface area contributed by atoms with Crippen LogP contribution in [0.25, 0.3) is 11.3 Å². The van der Waals surface area contributed by atoms with Gasteiger partial charge >= 0.3 is 6.18 Å². The Morgan fingerprint density at radius 3 is 2.56 bits per heavy atom. The van der Waals surface area contributed by atoms with E-state index < -0.39 is 11.7 Å². The number of benzene rings is 1. The molecule has 4 nitrogen and oxygen atoms in total. The van der Waals surface area contributed by atoms with Gasteiger partial charge in [-0.15, -0.1) is 0 Å². The zero-order valence-corrected chi connectivity index (χ0v) is 9.28. The maximum absolute atomic E-state index is 12.8. The molecule has 0 radical (unpaired) electrons. The van der Waals surface area contributed by atoms with E-state index >= 15 is 0 Å². The topological polar surface area (TPSA) is 61.3 Å². The van der Waals surface area contributed by atoms with E-state index in [1.54, 1.807) is 0 Å². The van der Waals surface area contributed by atoms with Crippen molar-refractivity contribution in [2.75, 3.05) is 12.8 Å². The Morgan fingerprint density at radius 1 is 1.33 bits per heavy atom. The van der Waals surface area contributed by atoms with Crippen LogP contribution in [0.5, 0.6) is 5.75 Å². The van der Waals surface area contributed by atoms with E-state index in [-0.39, 0.29) is 23.1 Å². The molecule has 0 atom stereocenters. The second-order valence-corrected chi connectivity index (χ2v) is 3.45. The van der Waals surface area contributed by atoms with Crippen molar-refractivity contribution >= 4 is 6.01 Å². The molecule has 0 aliphatic heterocycles. The van der Waals surface area contributed by atoms with Gasteiger partial charge in [0.2, 0.25) is 0 Å². The van der Waals surface area contributed by atoms with E-state index in [0.29, 0.717) is 0 Å². The maximum atomic E-state index is 12.8. The van der Waals surface area contributed by atoms with Crippen molar-refractivity contribution in [2.24, 2.45) is 0 Å². The van der Waals surface area contributed by atoms with E-state index in [0.717, 1.165) is 13.2 Å². The lowest BCUT2D eigenvalue weighted by molar-refractivity contribution is -0.138. The summed E-state index contributed by atoms with van der Waals surface area (Å²) in [6, 6.07) is 3.51. The monoisotopic (exact) mass is 258 g/mol. The predicted molar refractivity (Wildman–Crippen MR) is 57.9 cm³/mol. The number of hydrogen-bond donors (Lipinski definition) is 1. The first-order chi connectivity index (χ1) is 8.43. The van der Waals surface area contributed by atoms with E-state index in [2.05, 4.69) is 4.98 Å². The summed E-state index contributed by atoms with van der Waals surface area (Å²) in [4.78, 5) is 3.63. The largest absolute Gasteiger partial charge is 0.495 e. The van der Waals surface area contributed by atoms with Gasteiger partial charge in [-0.2, -0.15) is 13.2 Å². The number of hydrogen-bond acceptors (Lipinski definition) is 4. The number of nitrogens with zero attached hydrogens (tertiary/aromatic N) is 1. The number of rotatable bonds is 2. The van der Waals surface area contributed by atoms with Crippen LogP contribution in [0.15, 0.2) is 28.8 Å². The van der Waals surface area contributed by atoms with E-state index in [9.17, 15) is 13.2 Å². The number of aromatic nitrogens is 1. The zero-order chi connectivity index (χ0) is 13.3. The Labute approximate surface area is 100 Å². The van der Waals surface area contributed by atoms with Gasteiger partial charge in [-0.1, -0.05) is 6.07 Å². The number of oxazole rings is 1. The van der Waals surface area contributed by atoms with Gasteiger partial charge < -0.3 is 14.9 Å². The summed E-state index contributed by atoms with van der Waals surface area (Å²) < 4.78 is 48.2. The van der Waals surface area contributed by atoms with Gasteiger partial charge in [0.05, 0.1) is 24.4 Å². The summed E-state index contributed by atoms with van der Waals surface area (Å²) in [5.41, 5.74) is 4.56. The van der Waals surface area contributed by atoms with Crippen LogP contribution in [-0.2, 0) is 6.18 Å². The second kappa shape index (κ2) is 4.25. The minimum absolute atomic E-state index is 0.121. The summed E-state index contributed by atoms with van der Waals surface area (Å²) in [7, 11) is 1.16. The van der Waals surface area contributed by atoms with Crippen LogP contribution in [-0.4, -0.2) is 12.1 Å².